The Morgan fingerprint density at radius 1 is 0.747 bits per heavy atom. The summed E-state index contributed by atoms with van der Waals surface area (Å²) >= 11 is 0. The minimum atomic E-state index is -6.11. The molecule has 3 saturated heterocycles. The molecule has 0 spiro atoms. The molecular weight excluding hydrogens is 1150 g/mol. The lowest BCUT2D eigenvalue weighted by Crippen LogP contribution is -2.45. The number of rotatable bonds is 23. The Morgan fingerprint density at radius 3 is 2.10 bits per heavy atom. The molecule has 0 aromatic carbocycles. The Balaban J connectivity index is 0.848. The van der Waals surface area contributed by atoms with Gasteiger partial charge in [0.05, 0.1) is 58.3 Å². The number of ether oxygens (including phenoxy) is 5. The van der Waals surface area contributed by atoms with Crippen molar-refractivity contribution in [1.82, 2.24) is 53.6 Å². The lowest BCUT2D eigenvalue weighted by Gasteiger charge is -2.31. The molecule has 434 valence electrons. The number of methoxy groups -OCH3 is 1. The Kier molecular flexibility index (Phi) is 16.8. The molecule has 4 unspecified atom stereocenters. The van der Waals surface area contributed by atoms with Gasteiger partial charge in [-0.05, 0) is 6.92 Å². The van der Waals surface area contributed by atoms with Crippen LogP contribution < -0.4 is 37.8 Å². The van der Waals surface area contributed by atoms with E-state index >= 15 is 0 Å². The van der Waals surface area contributed by atoms with Gasteiger partial charge in [0.2, 0.25) is 17.7 Å². The van der Waals surface area contributed by atoms with Crippen molar-refractivity contribution in [3.8, 4) is 0 Å². The van der Waals surface area contributed by atoms with E-state index in [1.54, 1.807) is 6.92 Å². The van der Waals surface area contributed by atoms with Crippen LogP contribution in [0.4, 0.5) is 17.7 Å². The van der Waals surface area contributed by atoms with E-state index in [1.807, 2.05) is 0 Å². The van der Waals surface area contributed by atoms with Crippen molar-refractivity contribution in [1.29, 1.82) is 0 Å². The lowest BCUT2D eigenvalue weighted by atomic mass is 9.99. The van der Waals surface area contributed by atoms with Crippen molar-refractivity contribution in [2.24, 2.45) is 13.0 Å². The van der Waals surface area contributed by atoms with Crippen molar-refractivity contribution in [2.45, 2.75) is 80.9 Å². The van der Waals surface area contributed by atoms with E-state index < -0.39 is 142 Å². The number of aromatic amines is 2. The predicted octanol–water partition coefficient (Wildman–Crippen LogP) is -3.66. The van der Waals surface area contributed by atoms with Crippen molar-refractivity contribution in [2.75, 3.05) is 57.3 Å². The van der Waals surface area contributed by atoms with Gasteiger partial charge in [-0.1, -0.05) is 4.98 Å². The van der Waals surface area contributed by atoms with Gasteiger partial charge in [-0.15, -0.1) is 0 Å². The Labute approximate surface area is 440 Å². The quantitative estimate of drug-likeness (QED) is 0.0218. The molecule has 0 radical (unpaired) electrons. The van der Waals surface area contributed by atoms with Gasteiger partial charge in [-0.3, -0.25) is 46.9 Å². The van der Waals surface area contributed by atoms with E-state index in [0.29, 0.717) is 0 Å². The van der Waals surface area contributed by atoms with E-state index in [0.717, 1.165) is 24.3 Å². The number of H-pyrrole nitrogens is 2. The summed E-state index contributed by atoms with van der Waals surface area (Å²) < 4.78 is 116. The second-order valence-electron chi connectivity index (χ2n) is 17.6. The fourth-order valence-electron chi connectivity index (χ4n) is 9.04. The molecule has 0 aliphatic carbocycles. The second-order valence-corrected chi connectivity index (χ2v) is 23.6. The zero-order valence-corrected chi connectivity index (χ0v) is 44.6. The van der Waals surface area contributed by atoms with Crippen LogP contribution in [0.15, 0.2) is 34.9 Å². The van der Waals surface area contributed by atoms with Crippen molar-refractivity contribution >= 4 is 82.5 Å². The van der Waals surface area contributed by atoms with Crippen molar-refractivity contribution < 1.29 is 108 Å². The van der Waals surface area contributed by atoms with E-state index in [4.69, 9.17) is 59.0 Å². The van der Waals surface area contributed by atoms with Crippen LogP contribution in [0.1, 0.15) is 32.0 Å². The molecule has 6 aromatic heterocycles. The number of phosphoric ester groups is 3. The summed E-state index contributed by atoms with van der Waals surface area (Å²) in [5.41, 5.74) is 15.9. The first-order chi connectivity index (χ1) is 37.2. The third-order valence-corrected chi connectivity index (χ3v) is 17.8. The molecule has 43 heteroatoms. The number of nitrogen functional groups attached to an aromatic ring is 3. The first-order valence-corrected chi connectivity index (χ1v) is 29.0. The summed E-state index contributed by atoms with van der Waals surface area (Å²) in [7, 11) is -20.6. The topological polar surface area (TPSA) is 554 Å². The van der Waals surface area contributed by atoms with Crippen LogP contribution in [0.3, 0.4) is 0 Å². The Morgan fingerprint density at radius 2 is 1.39 bits per heavy atom. The highest BCUT2D eigenvalue weighted by Crippen LogP contribution is 2.68. The largest absolute Gasteiger partial charge is 0.756 e. The number of aliphatic hydroxyl groups is 3. The molecule has 0 saturated carbocycles. The van der Waals surface area contributed by atoms with E-state index in [9.17, 15) is 62.7 Å². The molecule has 79 heavy (non-hydrogen) atoms. The minimum Gasteiger partial charge on any atom is -0.756 e. The number of nitrogens with one attached hydrogen (secondary N) is 2. The number of fused-ring (bicyclic) bond motifs is 3. The average molecular weight is 1200 g/mol. The third kappa shape index (κ3) is 12.2. The molecule has 9 rings (SSSR count). The molecule has 16 atom stereocenters. The molecule has 14 N–H and O–H groups in total. The summed E-state index contributed by atoms with van der Waals surface area (Å²) in [5, 5.41) is 33.1. The van der Waals surface area contributed by atoms with Crippen LogP contribution in [0, 0.1) is 5.92 Å². The van der Waals surface area contributed by atoms with E-state index in [1.165, 1.54) is 33.4 Å². The average Bonchev–Trinajstić information content (AvgIpc) is 4.33. The van der Waals surface area contributed by atoms with Crippen molar-refractivity contribution in [3.63, 3.8) is 0 Å². The standard InChI is InChI=1S/C36H51N15O24P4/c1-4-66-7-14-16(71-32(21(14)52)51-13-48(2)20-29(51)45-36(39)47-31(20)56)8-69-78(61,62)75-79(63,64)74-77(59,60)67-6-5-15-24(25(65-3)34(70-15)49-11-42-18-26(37)40-10-41-27(18)49)73-76(57,58)68-9-17-22(53)23(54)33(72-17)50-12-43-19-28(50)44-35(38)46-30(19)55/h10-17,21-25,32-34,52-54H,4-9H2,1-3H3,(H11-,37,38,39,40,41,44,45,46,47,55,56,57,58,59,60,61,62,63,64)/t14-,15-,16-,17-,21-,22-,23-,24-,25-,32-,33-,34-/m1/s1. The zero-order chi connectivity index (χ0) is 57.1. The fraction of sp³-hybridized carbons (Fsp3) is 0.583. The highest BCUT2D eigenvalue weighted by molar-refractivity contribution is 7.66. The number of aryl methyl sites for hydroxylation is 1. The second kappa shape index (κ2) is 22.7. The number of aromatic nitrogens is 12. The Bertz CT molecular complexity index is 3550. The Hall–Kier alpha value is -5.15. The first-order valence-electron chi connectivity index (χ1n) is 23.1. The van der Waals surface area contributed by atoms with Crippen LogP contribution in [0.2, 0.25) is 0 Å². The third-order valence-electron chi connectivity index (χ3n) is 12.5. The molecule has 0 bridgehead atoms. The monoisotopic (exact) mass is 1200 g/mol. The summed E-state index contributed by atoms with van der Waals surface area (Å²) in [6.45, 7) is -1.34. The van der Waals surface area contributed by atoms with Crippen molar-refractivity contribution in [3.05, 3.63) is 46.0 Å². The number of phosphoric acid groups is 4. The van der Waals surface area contributed by atoms with Gasteiger partial charge >= 0.3 is 29.1 Å². The van der Waals surface area contributed by atoms with Gasteiger partial charge < -0.3 is 84.8 Å². The SMILES string of the molecule is CCOC[C@H]1[C@@H](O)[C@H]([n+]2cn(C)c3c(=O)[nH]c(N)nc32)O[C@@H]1COP(=O)(O)OP(=O)(O)OP(=O)(O)OCC[C@H]1O[C@@H](n2cnc3c(N)ncnc32)[C@H](OC)[C@@H]1OP(=O)([O-])OC[C@H]1O[C@@H](n2cnc3c(=O)[nH]c(N)nc32)[C@H](O)[C@@H]1O. The minimum absolute atomic E-state index is 0.00959. The van der Waals surface area contributed by atoms with E-state index in [2.05, 4.69) is 48.5 Å². The van der Waals surface area contributed by atoms with Gasteiger partial charge in [0, 0.05) is 26.1 Å². The molecule has 0 amide bonds. The van der Waals surface area contributed by atoms with Crippen LogP contribution >= 0.6 is 31.3 Å². The molecule has 6 aromatic rings. The summed E-state index contributed by atoms with van der Waals surface area (Å²) in [6, 6.07) is 0. The number of hydrogen-bond acceptors (Lipinski definition) is 30. The number of nitrogens with two attached hydrogens (primary N) is 3. The maximum absolute atomic E-state index is 13.6. The summed E-state index contributed by atoms with van der Waals surface area (Å²) in [5.74, 6) is -1.64. The number of nitrogens with zero attached hydrogens (tertiary/aromatic N) is 10. The van der Waals surface area contributed by atoms with Crippen LogP contribution in [0.25, 0.3) is 33.5 Å². The van der Waals surface area contributed by atoms with Crippen LogP contribution in [-0.2, 0) is 75.7 Å². The fourth-order valence-corrected chi connectivity index (χ4v) is 13.5. The molecule has 3 fully saturated rings. The summed E-state index contributed by atoms with van der Waals surface area (Å²) in [4.78, 5) is 98.9. The summed E-state index contributed by atoms with van der Waals surface area (Å²) in [6.07, 6.45) is -12.8. The molecular formula is C36H51N15O24P4. The first kappa shape index (κ1) is 58.5. The number of anilines is 3. The smallest absolute Gasteiger partial charge is 0.490 e. The van der Waals surface area contributed by atoms with Gasteiger partial charge in [0.15, 0.2) is 41.4 Å². The lowest BCUT2D eigenvalue weighted by molar-refractivity contribution is -0.745. The number of hydrogen-bond donors (Lipinski definition) is 11. The predicted molar refractivity (Wildman–Crippen MR) is 255 cm³/mol. The van der Waals surface area contributed by atoms with Gasteiger partial charge in [-0.25, -0.2) is 38.2 Å². The number of imidazole rings is 3. The highest BCUT2D eigenvalue weighted by atomic mass is 31.3. The molecule has 9 heterocycles. The number of aliphatic hydroxyl groups excluding tert-OH is 3. The normalized spacial score (nSPS) is 29.5. The van der Waals surface area contributed by atoms with Crippen LogP contribution in [-0.4, -0.2) is 173 Å². The van der Waals surface area contributed by atoms with E-state index in [-0.39, 0.29) is 64.4 Å². The molecule has 3 aliphatic rings. The molecule has 39 nitrogen and oxygen atoms in total. The van der Waals surface area contributed by atoms with Crippen LogP contribution in [0.5, 0.6) is 0 Å². The zero-order valence-electron chi connectivity index (χ0n) is 41.0. The molecule has 3 aliphatic heterocycles. The van der Waals surface area contributed by atoms with Gasteiger partial charge in [0.25, 0.3) is 24.9 Å². The van der Waals surface area contributed by atoms with Gasteiger partial charge in [0.1, 0.15) is 48.5 Å². The maximum Gasteiger partial charge on any atom is 0.490 e. The maximum atomic E-state index is 13.6. The highest BCUT2D eigenvalue weighted by Gasteiger charge is 2.52. The van der Waals surface area contributed by atoms with Gasteiger partial charge in [-0.2, -0.15) is 13.6 Å².